The molecule has 0 saturated carbocycles. The van der Waals surface area contributed by atoms with Crippen LogP contribution in [0.4, 0.5) is 0 Å². The lowest BCUT2D eigenvalue weighted by atomic mass is 10.3. The average Bonchev–Trinajstić information content (AvgIpc) is 2.65. The Hall–Kier alpha value is -1.35. The molecule has 0 aliphatic carbocycles. The number of aryl methyl sites for hydroxylation is 2. The van der Waals surface area contributed by atoms with Crippen LogP contribution < -0.4 is 0 Å². The fourth-order valence-electron chi connectivity index (χ4n) is 2.02. The van der Waals surface area contributed by atoms with Crippen molar-refractivity contribution in [2.75, 3.05) is 6.61 Å². The Morgan fingerprint density at radius 2 is 2.12 bits per heavy atom. The molecule has 0 amide bonds. The van der Waals surface area contributed by atoms with E-state index < -0.39 is 0 Å². The van der Waals surface area contributed by atoms with Gasteiger partial charge in [-0.15, -0.1) is 0 Å². The van der Waals surface area contributed by atoms with Gasteiger partial charge in [0.05, 0.1) is 11.0 Å². The number of hydrogen-bond acceptors (Lipinski definition) is 2. The molecule has 3 heteroatoms. The number of hydrogen-bond donors (Lipinski definition) is 1. The summed E-state index contributed by atoms with van der Waals surface area (Å²) >= 11 is 0. The lowest BCUT2D eigenvalue weighted by Crippen LogP contribution is -2.05. The first-order valence-corrected chi connectivity index (χ1v) is 5.91. The summed E-state index contributed by atoms with van der Waals surface area (Å²) in [6, 6.07) is 8.19. The number of imidazole rings is 1. The zero-order valence-electron chi connectivity index (χ0n) is 9.69. The van der Waals surface area contributed by atoms with Gasteiger partial charge in [0.1, 0.15) is 5.82 Å². The van der Waals surface area contributed by atoms with Gasteiger partial charge < -0.3 is 9.67 Å². The van der Waals surface area contributed by atoms with E-state index in [0.29, 0.717) is 0 Å². The van der Waals surface area contributed by atoms with E-state index in [9.17, 15) is 0 Å². The number of aromatic nitrogens is 2. The molecule has 0 fully saturated rings. The smallest absolute Gasteiger partial charge is 0.109 e. The van der Waals surface area contributed by atoms with Crippen LogP contribution in [0.3, 0.4) is 0 Å². The van der Waals surface area contributed by atoms with Crippen molar-refractivity contribution in [3.8, 4) is 0 Å². The Morgan fingerprint density at radius 3 is 2.88 bits per heavy atom. The van der Waals surface area contributed by atoms with Crippen molar-refractivity contribution in [3.05, 3.63) is 30.1 Å². The standard InChI is InChI=1S/C13H18N2O/c1-2-6-13-14-11-7-3-4-8-12(11)15(13)9-5-10-16/h3-4,7-8,16H,2,5-6,9-10H2,1H3. The summed E-state index contributed by atoms with van der Waals surface area (Å²) < 4.78 is 2.23. The first-order chi connectivity index (χ1) is 7.86. The summed E-state index contributed by atoms with van der Waals surface area (Å²) in [5.41, 5.74) is 2.24. The van der Waals surface area contributed by atoms with E-state index in [4.69, 9.17) is 5.11 Å². The molecule has 2 aromatic rings. The van der Waals surface area contributed by atoms with Gasteiger partial charge in [-0.25, -0.2) is 4.98 Å². The Kier molecular flexibility index (Phi) is 3.57. The quantitative estimate of drug-likeness (QED) is 0.836. The van der Waals surface area contributed by atoms with Crippen LogP contribution in [0.2, 0.25) is 0 Å². The van der Waals surface area contributed by atoms with Crippen LogP contribution in [0.5, 0.6) is 0 Å². The lowest BCUT2D eigenvalue weighted by Gasteiger charge is -2.07. The molecule has 16 heavy (non-hydrogen) atoms. The van der Waals surface area contributed by atoms with E-state index in [2.05, 4.69) is 22.5 Å². The maximum atomic E-state index is 8.92. The number of aliphatic hydroxyl groups excluding tert-OH is 1. The summed E-state index contributed by atoms with van der Waals surface area (Å²) in [7, 11) is 0. The number of benzene rings is 1. The molecule has 1 aromatic heterocycles. The minimum atomic E-state index is 0.234. The van der Waals surface area contributed by atoms with Crippen LogP contribution in [0.15, 0.2) is 24.3 Å². The fourth-order valence-corrected chi connectivity index (χ4v) is 2.02. The van der Waals surface area contributed by atoms with E-state index >= 15 is 0 Å². The van der Waals surface area contributed by atoms with Crippen LogP contribution in [0.25, 0.3) is 11.0 Å². The first-order valence-electron chi connectivity index (χ1n) is 5.91. The molecule has 0 saturated heterocycles. The molecule has 1 N–H and O–H groups in total. The van der Waals surface area contributed by atoms with Gasteiger partial charge in [-0.1, -0.05) is 19.1 Å². The number of nitrogens with zero attached hydrogens (tertiary/aromatic N) is 2. The topological polar surface area (TPSA) is 38.0 Å². The summed E-state index contributed by atoms with van der Waals surface area (Å²) in [5.74, 6) is 1.14. The minimum absolute atomic E-state index is 0.234. The summed E-state index contributed by atoms with van der Waals surface area (Å²) in [4.78, 5) is 4.64. The molecule has 1 heterocycles. The van der Waals surface area contributed by atoms with E-state index in [1.54, 1.807) is 0 Å². The van der Waals surface area contributed by atoms with Crippen LogP contribution >= 0.6 is 0 Å². The Balaban J connectivity index is 2.42. The molecule has 0 aliphatic rings. The molecular weight excluding hydrogens is 200 g/mol. The van der Waals surface area contributed by atoms with Crippen molar-refractivity contribution >= 4 is 11.0 Å². The maximum absolute atomic E-state index is 8.92. The predicted molar refractivity (Wildman–Crippen MR) is 65.4 cm³/mol. The average molecular weight is 218 g/mol. The SMILES string of the molecule is CCCc1nc2ccccc2n1CCCO. The number of rotatable bonds is 5. The highest BCUT2D eigenvalue weighted by molar-refractivity contribution is 5.75. The predicted octanol–water partition coefficient (Wildman–Crippen LogP) is 2.37. The molecule has 0 aliphatic heterocycles. The summed E-state index contributed by atoms with van der Waals surface area (Å²) in [5, 5.41) is 8.92. The van der Waals surface area contributed by atoms with Crippen LogP contribution in [0.1, 0.15) is 25.6 Å². The van der Waals surface area contributed by atoms with E-state index in [1.165, 1.54) is 5.52 Å². The zero-order valence-corrected chi connectivity index (χ0v) is 9.69. The molecule has 0 unspecified atom stereocenters. The summed E-state index contributed by atoms with van der Waals surface area (Å²) in [6.07, 6.45) is 2.89. The number of fused-ring (bicyclic) bond motifs is 1. The van der Waals surface area contributed by atoms with Crippen LogP contribution in [-0.2, 0) is 13.0 Å². The van der Waals surface area contributed by atoms with E-state index in [0.717, 1.165) is 37.1 Å². The van der Waals surface area contributed by atoms with Crippen molar-refractivity contribution in [1.29, 1.82) is 0 Å². The van der Waals surface area contributed by atoms with Gasteiger partial charge in [0, 0.05) is 19.6 Å². The highest BCUT2D eigenvalue weighted by Crippen LogP contribution is 2.17. The van der Waals surface area contributed by atoms with E-state index in [-0.39, 0.29) is 6.61 Å². The zero-order chi connectivity index (χ0) is 11.4. The number of para-hydroxylation sites is 2. The van der Waals surface area contributed by atoms with Crippen molar-refractivity contribution in [3.63, 3.8) is 0 Å². The molecule has 1 aromatic carbocycles. The highest BCUT2D eigenvalue weighted by Gasteiger charge is 2.08. The van der Waals surface area contributed by atoms with Crippen molar-refractivity contribution in [2.45, 2.75) is 32.7 Å². The Morgan fingerprint density at radius 1 is 1.31 bits per heavy atom. The normalized spacial score (nSPS) is 11.1. The third-order valence-corrected chi connectivity index (χ3v) is 2.75. The van der Waals surface area contributed by atoms with Gasteiger partial charge in [-0.3, -0.25) is 0 Å². The van der Waals surface area contributed by atoms with Gasteiger partial charge in [0.2, 0.25) is 0 Å². The lowest BCUT2D eigenvalue weighted by molar-refractivity contribution is 0.280. The van der Waals surface area contributed by atoms with Crippen molar-refractivity contribution in [2.24, 2.45) is 0 Å². The van der Waals surface area contributed by atoms with Crippen molar-refractivity contribution < 1.29 is 5.11 Å². The monoisotopic (exact) mass is 218 g/mol. The second-order valence-electron chi connectivity index (χ2n) is 4.00. The van der Waals surface area contributed by atoms with E-state index in [1.807, 2.05) is 18.2 Å². The first kappa shape index (κ1) is 11.1. The maximum Gasteiger partial charge on any atom is 0.109 e. The molecular formula is C13H18N2O. The Labute approximate surface area is 95.7 Å². The third-order valence-electron chi connectivity index (χ3n) is 2.75. The highest BCUT2D eigenvalue weighted by atomic mass is 16.3. The second-order valence-corrected chi connectivity index (χ2v) is 4.00. The molecule has 2 rings (SSSR count). The van der Waals surface area contributed by atoms with Crippen LogP contribution in [-0.4, -0.2) is 21.3 Å². The second kappa shape index (κ2) is 5.12. The molecule has 0 spiro atoms. The number of aliphatic hydroxyl groups is 1. The van der Waals surface area contributed by atoms with Gasteiger partial charge >= 0.3 is 0 Å². The summed E-state index contributed by atoms with van der Waals surface area (Å²) in [6.45, 7) is 3.25. The fraction of sp³-hybridized carbons (Fsp3) is 0.462. The van der Waals surface area contributed by atoms with Gasteiger partial charge in [0.25, 0.3) is 0 Å². The van der Waals surface area contributed by atoms with Crippen LogP contribution in [0, 0.1) is 0 Å². The molecule has 0 atom stereocenters. The molecule has 3 nitrogen and oxygen atoms in total. The van der Waals surface area contributed by atoms with Gasteiger partial charge in [0.15, 0.2) is 0 Å². The molecule has 86 valence electrons. The molecule has 0 radical (unpaired) electrons. The third kappa shape index (κ3) is 2.09. The molecule has 0 bridgehead atoms. The van der Waals surface area contributed by atoms with Gasteiger partial charge in [-0.2, -0.15) is 0 Å². The minimum Gasteiger partial charge on any atom is -0.396 e. The Bertz CT molecular complexity index is 462. The van der Waals surface area contributed by atoms with Crippen molar-refractivity contribution in [1.82, 2.24) is 9.55 Å². The van der Waals surface area contributed by atoms with Gasteiger partial charge in [-0.05, 0) is 25.0 Å². The largest absolute Gasteiger partial charge is 0.396 e.